The predicted molar refractivity (Wildman–Crippen MR) is 106 cm³/mol. The van der Waals surface area contributed by atoms with E-state index in [0.29, 0.717) is 23.9 Å². The van der Waals surface area contributed by atoms with Gasteiger partial charge in [-0.3, -0.25) is 0 Å². The number of aliphatic hydroxyl groups is 1. The second kappa shape index (κ2) is 7.75. The normalized spacial score (nSPS) is 17.8. The maximum absolute atomic E-state index is 13.7. The molecule has 0 bridgehead atoms. The lowest BCUT2D eigenvalue weighted by Crippen LogP contribution is -2.38. The first kappa shape index (κ1) is 18.7. The van der Waals surface area contributed by atoms with Gasteiger partial charge in [0.2, 0.25) is 0 Å². The molecule has 0 radical (unpaired) electrons. The van der Waals surface area contributed by atoms with Crippen LogP contribution in [0.3, 0.4) is 0 Å². The Kier molecular flexibility index (Phi) is 5.36. The van der Waals surface area contributed by atoms with Crippen molar-refractivity contribution in [2.75, 3.05) is 26.2 Å². The van der Waals surface area contributed by atoms with E-state index in [0.717, 1.165) is 37.1 Å². The Bertz CT molecular complexity index is 902. The molecule has 7 heteroatoms. The molecule has 4 rings (SSSR count). The van der Waals surface area contributed by atoms with Gasteiger partial charge in [-0.15, -0.1) is 0 Å². The first-order valence-corrected chi connectivity index (χ1v) is 10.0. The number of rotatable bonds is 5. The summed E-state index contributed by atoms with van der Waals surface area (Å²) < 4.78 is 33.9. The first-order chi connectivity index (χ1) is 13.0. The van der Waals surface area contributed by atoms with Gasteiger partial charge < -0.3 is 9.67 Å². The van der Waals surface area contributed by atoms with Crippen LogP contribution in [-0.4, -0.2) is 50.6 Å². The molecule has 1 fully saturated rings. The minimum atomic E-state index is -0.580. The zero-order valence-corrected chi connectivity index (χ0v) is 16.1. The van der Waals surface area contributed by atoms with Gasteiger partial charge >= 0.3 is 0 Å². The fourth-order valence-corrected chi connectivity index (χ4v) is 4.86. The second-order valence-corrected chi connectivity index (χ2v) is 8.13. The molecular formula is C20H23F2N3OS. The van der Waals surface area contributed by atoms with E-state index in [1.54, 1.807) is 24.3 Å². The van der Waals surface area contributed by atoms with Crippen molar-refractivity contribution in [3.63, 3.8) is 0 Å². The molecule has 1 aliphatic heterocycles. The smallest absolute Gasteiger partial charge is 0.123 e. The number of halogens is 2. The third-order valence-corrected chi connectivity index (χ3v) is 6.23. The predicted octanol–water partition coefficient (Wildman–Crippen LogP) is 4.02. The summed E-state index contributed by atoms with van der Waals surface area (Å²) in [6, 6.07) is 9.06. The zero-order valence-electron chi connectivity index (χ0n) is 15.2. The SMILES string of the molecule is CCN1CCCN(CC(O)Cn2c3ccc(F)cc3c3cc(F)ccc32)S1. The minimum Gasteiger partial charge on any atom is -0.390 e. The van der Waals surface area contributed by atoms with Crippen LogP contribution in [0, 0.1) is 11.6 Å². The van der Waals surface area contributed by atoms with E-state index < -0.39 is 6.10 Å². The van der Waals surface area contributed by atoms with Crippen LogP contribution in [0.1, 0.15) is 13.3 Å². The number of hydrogen-bond acceptors (Lipinski definition) is 4. The van der Waals surface area contributed by atoms with Crippen LogP contribution in [0.4, 0.5) is 8.78 Å². The van der Waals surface area contributed by atoms with Crippen LogP contribution in [0.25, 0.3) is 21.8 Å². The van der Waals surface area contributed by atoms with Crippen LogP contribution >= 0.6 is 12.1 Å². The monoisotopic (exact) mass is 391 g/mol. The summed E-state index contributed by atoms with van der Waals surface area (Å²) in [6.07, 6.45) is 0.504. The number of aliphatic hydroxyl groups excluding tert-OH is 1. The van der Waals surface area contributed by atoms with Gasteiger partial charge in [0.05, 0.1) is 12.6 Å². The van der Waals surface area contributed by atoms with Gasteiger partial charge in [0.25, 0.3) is 0 Å². The fraction of sp³-hybridized carbons (Fsp3) is 0.400. The highest BCUT2D eigenvalue weighted by Gasteiger charge is 2.21. The molecule has 1 N–H and O–H groups in total. The van der Waals surface area contributed by atoms with Gasteiger partial charge in [0.1, 0.15) is 11.6 Å². The second-order valence-electron chi connectivity index (χ2n) is 6.93. The number of nitrogens with zero attached hydrogens (tertiary/aromatic N) is 3. The highest BCUT2D eigenvalue weighted by molar-refractivity contribution is 7.94. The van der Waals surface area contributed by atoms with Crippen molar-refractivity contribution < 1.29 is 13.9 Å². The number of fused-ring (bicyclic) bond motifs is 3. The third-order valence-electron chi connectivity index (χ3n) is 5.00. The van der Waals surface area contributed by atoms with Gasteiger partial charge in [0.15, 0.2) is 0 Å². The van der Waals surface area contributed by atoms with E-state index in [9.17, 15) is 13.9 Å². The van der Waals surface area contributed by atoms with Crippen molar-refractivity contribution in [2.45, 2.75) is 26.0 Å². The lowest BCUT2D eigenvalue weighted by Gasteiger charge is -2.34. The number of β-amino-alcohol motifs (C(OH)–C–C–N with tert-alkyl or cyclic N) is 1. The maximum atomic E-state index is 13.7. The van der Waals surface area contributed by atoms with Crippen LogP contribution in [0.2, 0.25) is 0 Å². The molecule has 144 valence electrons. The van der Waals surface area contributed by atoms with Crippen molar-refractivity contribution >= 4 is 33.9 Å². The summed E-state index contributed by atoms with van der Waals surface area (Å²) in [6.45, 7) is 6.04. The maximum Gasteiger partial charge on any atom is 0.123 e. The Morgan fingerprint density at radius 3 is 2.15 bits per heavy atom. The molecule has 2 heterocycles. The lowest BCUT2D eigenvalue weighted by molar-refractivity contribution is 0.129. The number of benzene rings is 2. The molecule has 1 saturated heterocycles. The molecule has 1 unspecified atom stereocenters. The summed E-state index contributed by atoms with van der Waals surface area (Å²) in [5.74, 6) is -0.702. The topological polar surface area (TPSA) is 31.6 Å². The van der Waals surface area contributed by atoms with E-state index >= 15 is 0 Å². The molecular weight excluding hydrogens is 368 g/mol. The van der Waals surface area contributed by atoms with Crippen LogP contribution < -0.4 is 0 Å². The van der Waals surface area contributed by atoms with E-state index in [1.165, 1.54) is 24.3 Å². The van der Waals surface area contributed by atoms with E-state index in [4.69, 9.17) is 0 Å². The van der Waals surface area contributed by atoms with E-state index in [-0.39, 0.29) is 11.6 Å². The average Bonchev–Trinajstić information content (AvgIpc) is 2.94. The molecule has 3 aromatic rings. The van der Waals surface area contributed by atoms with Gasteiger partial charge in [0, 0.05) is 60.1 Å². The van der Waals surface area contributed by atoms with Gasteiger partial charge in [-0.1, -0.05) is 6.92 Å². The van der Waals surface area contributed by atoms with Crippen molar-refractivity contribution in [2.24, 2.45) is 0 Å². The summed E-state index contributed by atoms with van der Waals surface area (Å²) in [5.41, 5.74) is 1.61. The molecule has 1 atom stereocenters. The quantitative estimate of drug-likeness (QED) is 0.666. The van der Waals surface area contributed by atoms with Crippen LogP contribution in [-0.2, 0) is 6.54 Å². The summed E-state index contributed by atoms with van der Waals surface area (Å²) in [4.78, 5) is 0. The Morgan fingerprint density at radius 1 is 0.963 bits per heavy atom. The average molecular weight is 391 g/mol. The van der Waals surface area contributed by atoms with Gasteiger partial charge in [-0.25, -0.2) is 17.4 Å². The van der Waals surface area contributed by atoms with Crippen molar-refractivity contribution in [3.8, 4) is 0 Å². The summed E-state index contributed by atoms with van der Waals surface area (Å²) in [7, 11) is 0. The molecule has 27 heavy (non-hydrogen) atoms. The third kappa shape index (κ3) is 3.82. The Hall–Kier alpha value is -1.67. The minimum absolute atomic E-state index is 0.351. The highest BCUT2D eigenvalue weighted by Crippen LogP contribution is 2.31. The molecule has 4 nitrogen and oxygen atoms in total. The van der Waals surface area contributed by atoms with Gasteiger partial charge in [-0.2, -0.15) is 0 Å². The molecule has 0 aliphatic carbocycles. The van der Waals surface area contributed by atoms with E-state index in [1.807, 2.05) is 4.57 Å². The van der Waals surface area contributed by atoms with Crippen molar-refractivity contribution in [1.82, 2.24) is 13.2 Å². The largest absolute Gasteiger partial charge is 0.390 e. The Balaban J connectivity index is 1.62. The Labute approximate surface area is 161 Å². The molecule has 0 saturated carbocycles. The molecule has 2 aromatic carbocycles. The zero-order chi connectivity index (χ0) is 19.0. The van der Waals surface area contributed by atoms with Gasteiger partial charge in [-0.05, 0) is 42.8 Å². The van der Waals surface area contributed by atoms with Crippen molar-refractivity contribution in [1.29, 1.82) is 0 Å². The van der Waals surface area contributed by atoms with E-state index in [2.05, 4.69) is 15.5 Å². The highest BCUT2D eigenvalue weighted by atomic mass is 32.2. The molecule has 1 aromatic heterocycles. The van der Waals surface area contributed by atoms with Crippen LogP contribution in [0.15, 0.2) is 36.4 Å². The van der Waals surface area contributed by atoms with Crippen molar-refractivity contribution in [3.05, 3.63) is 48.0 Å². The summed E-state index contributed by atoms with van der Waals surface area (Å²) >= 11 is 1.68. The lowest BCUT2D eigenvalue weighted by atomic mass is 10.1. The Morgan fingerprint density at radius 2 is 1.56 bits per heavy atom. The number of aromatic nitrogens is 1. The molecule has 0 spiro atoms. The standard InChI is InChI=1S/C20H23F2N3OS/c1-2-23-8-3-9-24(27-23)12-16(26)13-25-19-6-4-14(21)10-17(19)18-11-15(22)5-7-20(18)25/h4-7,10-11,16,26H,2-3,8-9,12-13H2,1H3. The first-order valence-electron chi connectivity index (χ1n) is 9.28. The van der Waals surface area contributed by atoms with Crippen LogP contribution in [0.5, 0.6) is 0 Å². The number of hydrogen-bond donors (Lipinski definition) is 1. The molecule has 1 aliphatic rings. The summed E-state index contributed by atoms with van der Waals surface area (Å²) in [5, 5.41) is 12.1. The fourth-order valence-electron chi connectivity index (χ4n) is 3.76. The molecule has 0 amide bonds.